The van der Waals surface area contributed by atoms with E-state index in [4.69, 9.17) is 27.9 Å². The number of phenolic OH excluding ortho intramolecular Hbond substituents is 1. The topological polar surface area (TPSA) is 42.4 Å². The molecule has 1 aromatic carbocycles. The second-order valence-electron chi connectivity index (χ2n) is 3.38. The molecule has 0 aliphatic rings. The fourth-order valence-electron chi connectivity index (χ4n) is 1.32. The Hall–Kier alpha value is -1.45. The highest BCUT2D eigenvalue weighted by atomic mass is 35.5. The number of nitrogens with zero attached hydrogens (tertiary/aromatic N) is 1. The van der Waals surface area contributed by atoms with E-state index in [2.05, 4.69) is 4.98 Å². The van der Waals surface area contributed by atoms with Gasteiger partial charge in [-0.05, 0) is 17.7 Å². The number of rotatable bonds is 3. The van der Waals surface area contributed by atoms with Crippen LogP contribution < -0.4 is 4.74 Å². The smallest absolute Gasteiger partial charge is 0.157 e. The third-order valence-corrected chi connectivity index (χ3v) is 2.68. The number of ether oxygens (including phenoxy) is 1. The molecule has 0 fully saturated rings. The molecule has 2 rings (SSSR count). The maximum atomic E-state index is 9.27. The van der Waals surface area contributed by atoms with Gasteiger partial charge in [0.1, 0.15) is 12.4 Å². The Labute approximate surface area is 109 Å². The fourth-order valence-corrected chi connectivity index (χ4v) is 1.90. The SMILES string of the molecule is Oc1cc(Cl)c(OCc2ccncc2)c(Cl)c1. The summed E-state index contributed by atoms with van der Waals surface area (Å²) < 4.78 is 5.51. The van der Waals surface area contributed by atoms with E-state index in [1.807, 2.05) is 12.1 Å². The molecule has 1 heterocycles. The van der Waals surface area contributed by atoms with Crippen molar-refractivity contribution in [3.63, 3.8) is 0 Å². The summed E-state index contributed by atoms with van der Waals surface area (Å²) in [6, 6.07) is 6.44. The van der Waals surface area contributed by atoms with E-state index < -0.39 is 0 Å². The Morgan fingerprint density at radius 3 is 2.29 bits per heavy atom. The summed E-state index contributed by atoms with van der Waals surface area (Å²) in [7, 11) is 0. The van der Waals surface area contributed by atoms with Crippen LogP contribution in [0.3, 0.4) is 0 Å². The number of hydrogen-bond acceptors (Lipinski definition) is 3. The average molecular weight is 270 g/mol. The highest BCUT2D eigenvalue weighted by Gasteiger charge is 2.09. The Kier molecular flexibility index (Phi) is 3.71. The van der Waals surface area contributed by atoms with Gasteiger partial charge < -0.3 is 9.84 Å². The monoisotopic (exact) mass is 269 g/mol. The minimum Gasteiger partial charge on any atom is -0.508 e. The van der Waals surface area contributed by atoms with Gasteiger partial charge in [-0.15, -0.1) is 0 Å². The van der Waals surface area contributed by atoms with Crippen LogP contribution in [0, 0.1) is 0 Å². The number of aromatic hydroxyl groups is 1. The maximum Gasteiger partial charge on any atom is 0.157 e. The Morgan fingerprint density at radius 1 is 1.12 bits per heavy atom. The highest BCUT2D eigenvalue weighted by molar-refractivity contribution is 6.37. The molecule has 0 spiro atoms. The summed E-state index contributed by atoms with van der Waals surface area (Å²) in [6.07, 6.45) is 3.36. The largest absolute Gasteiger partial charge is 0.508 e. The molecule has 2 aromatic rings. The van der Waals surface area contributed by atoms with Crippen LogP contribution in [0.25, 0.3) is 0 Å². The Balaban J connectivity index is 2.15. The zero-order chi connectivity index (χ0) is 12.3. The molecule has 1 aromatic heterocycles. The van der Waals surface area contributed by atoms with E-state index in [9.17, 15) is 5.11 Å². The van der Waals surface area contributed by atoms with Crippen LogP contribution in [0.5, 0.6) is 11.5 Å². The standard InChI is InChI=1S/C12H9Cl2NO2/c13-10-5-9(16)6-11(14)12(10)17-7-8-1-3-15-4-2-8/h1-6,16H,7H2. The van der Waals surface area contributed by atoms with Crippen molar-refractivity contribution in [3.8, 4) is 11.5 Å². The van der Waals surface area contributed by atoms with Crippen LogP contribution in [0.1, 0.15) is 5.56 Å². The summed E-state index contributed by atoms with van der Waals surface area (Å²) in [6.45, 7) is 0.340. The lowest BCUT2D eigenvalue weighted by molar-refractivity contribution is 0.306. The van der Waals surface area contributed by atoms with Crippen molar-refractivity contribution in [1.82, 2.24) is 4.98 Å². The molecule has 0 amide bonds. The third kappa shape index (κ3) is 3.02. The lowest BCUT2D eigenvalue weighted by atomic mass is 10.3. The number of hydrogen-bond donors (Lipinski definition) is 1. The quantitative estimate of drug-likeness (QED) is 0.925. The molecule has 0 bridgehead atoms. The summed E-state index contributed by atoms with van der Waals surface area (Å²) in [5.41, 5.74) is 0.959. The van der Waals surface area contributed by atoms with Gasteiger partial charge in [-0.2, -0.15) is 0 Å². The first-order valence-corrected chi connectivity index (χ1v) is 5.62. The molecule has 5 heteroatoms. The summed E-state index contributed by atoms with van der Waals surface area (Å²) in [5, 5.41) is 9.83. The van der Waals surface area contributed by atoms with Crippen molar-refractivity contribution in [2.75, 3.05) is 0 Å². The van der Waals surface area contributed by atoms with Crippen molar-refractivity contribution in [2.24, 2.45) is 0 Å². The van der Waals surface area contributed by atoms with Crippen LogP contribution in [0.4, 0.5) is 0 Å². The molecule has 0 radical (unpaired) electrons. The fraction of sp³-hybridized carbons (Fsp3) is 0.0833. The predicted octanol–water partition coefficient (Wildman–Crippen LogP) is 3.67. The van der Waals surface area contributed by atoms with Crippen LogP contribution in [-0.4, -0.2) is 10.1 Å². The lowest BCUT2D eigenvalue weighted by Crippen LogP contribution is -1.96. The van der Waals surface area contributed by atoms with E-state index in [1.54, 1.807) is 12.4 Å². The van der Waals surface area contributed by atoms with E-state index in [-0.39, 0.29) is 15.8 Å². The average Bonchev–Trinajstić information content (AvgIpc) is 2.29. The van der Waals surface area contributed by atoms with Gasteiger partial charge in [0.05, 0.1) is 10.0 Å². The maximum absolute atomic E-state index is 9.27. The van der Waals surface area contributed by atoms with Gasteiger partial charge in [-0.25, -0.2) is 0 Å². The van der Waals surface area contributed by atoms with Gasteiger partial charge in [0, 0.05) is 24.5 Å². The summed E-state index contributed by atoms with van der Waals surface area (Å²) in [5.74, 6) is 0.374. The molecular weight excluding hydrogens is 261 g/mol. The van der Waals surface area contributed by atoms with Gasteiger partial charge in [0.15, 0.2) is 5.75 Å². The zero-order valence-corrected chi connectivity index (χ0v) is 10.2. The first kappa shape index (κ1) is 12.0. The molecule has 88 valence electrons. The second-order valence-corrected chi connectivity index (χ2v) is 4.20. The van der Waals surface area contributed by atoms with E-state index >= 15 is 0 Å². The molecule has 0 atom stereocenters. The van der Waals surface area contributed by atoms with E-state index in [0.29, 0.717) is 12.4 Å². The Morgan fingerprint density at radius 2 is 1.71 bits per heavy atom. The van der Waals surface area contributed by atoms with Crippen molar-refractivity contribution in [3.05, 3.63) is 52.3 Å². The highest BCUT2D eigenvalue weighted by Crippen LogP contribution is 2.36. The normalized spacial score (nSPS) is 10.2. The van der Waals surface area contributed by atoms with E-state index in [1.165, 1.54) is 12.1 Å². The number of pyridine rings is 1. The minimum absolute atomic E-state index is 0.0104. The van der Waals surface area contributed by atoms with Crippen LogP contribution >= 0.6 is 23.2 Å². The molecule has 3 nitrogen and oxygen atoms in total. The van der Waals surface area contributed by atoms with Crippen molar-refractivity contribution >= 4 is 23.2 Å². The molecule has 0 unspecified atom stereocenters. The van der Waals surface area contributed by atoms with Crippen LogP contribution in [0.15, 0.2) is 36.7 Å². The number of benzene rings is 1. The first-order valence-electron chi connectivity index (χ1n) is 4.86. The number of phenols is 1. The van der Waals surface area contributed by atoms with Crippen LogP contribution in [0.2, 0.25) is 10.0 Å². The number of halogens is 2. The lowest BCUT2D eigenvalue weighted by Gasteiger charge is -2.10. The van der Waals surface area contributed by atoms with E-state index in [0.717, 1.165) is 5.56 Å². The third-order valence-electron chi connectivity index (χ3n) is 2.12. The van der Waals surface area contributed by atoms with Crippen molar-refractivity contribution in [1.29, 1.82) is 0 Å². The molecule has 0 saturated carbocycles. The molecule has 0 saturated heterocycles. The molecule has 0 aliphatic carbocycles. The van der Waals surface area contributed by atoms with Gasteiger partial charge in [-0.1, -0.05) is 23.2 Å². The first-order chi connectivity index (χ1) is 8.16. The number of aromatic nitrogens is 1. The molecule has 17 heavy (non-hydrogen) atoms. The molecular formula is C12H9Cl2NO2. The van der Waals surface area contributed by atoms with Gasteiger partial charge in [-0.3, -0.25) is 4.98 Å². The molecule has 1 N–H and O–H groups in total. The Bertz CT molecular complexity index is 494. The summed E-state index contributed by atoms with van der Waals surface area (Å²) in [4.78, 5) is 3.91. The van der Waals surface area contributed by atoms with Crippen LogP contribution in [-0.2, 0) is 6.61 Å². The minimum atomic E-state index is 0.0104. The van der Waals surface area contributed by atoms with Gasteiger partial charge in [0.25, 0.3) is 0 Å². The van der Waals surface area contributed by atoms with Crippen molar-refractivity contribution < 1.29 is 9.84 Å². The molecule has 0 aliphatic heterocycles. The van der Waals surface area contributed by atoms with Crippen molar-refractivity contribution in [2.45, 2.75) is 6.61 Å². The summed E-state index contributed by atoms with van der Waals surface area (Å²) >= 11 is 11.8. The predicted molar refractivity (Wildman–Crippen MR) is 66.7 cm³/mol. The van der Waals surface area contributed by atoms with Gasteiger partial charge >= 0.3 is 0 Å². The zero-order valence-electron chi connectivity index (χ0n) is 8.73. The van der Waals surface area contributed by atoms with Gasteiger partial charge in [0.2, 0.25) is 0 Å². The second kappa shape index (κ2) is 5.25.